The summed E-state index contributed by atoms with van der Waals surface area (Å²) in [7, 11) is 3.22. The summed E-state index contributed by atoms with van der Waals surface area (Å²) in [4.78, 5) is 30.3. The molecule has 2 aromatic rings. The van der Waals surface area contributed by atoms with Gasteiger partial charge < -0.3 is 14.4 Å². The quantitative estimate of drug-likeness (QED) is 0.688. The number of carbonyl (C=O) groups is 2. The molecule has 0 saturated carbocycles. The second kappa shape index (κ2) is 8.61. The third-order valence-corrected chi connectivity index (χ3v) is 5.69. The van der Waals surface area contributed by atoms with Gasteiger partial charge in [-0.15, -0.1) is 0 Å². The Morgan fingerprint density at radius 1 is 0.767 bits per heavy atom. The zero-order valence-electron chi connectivity index (χ0n) is 17.4. The lowest BCUT2D eigenvalue weighted by atomic mass is 10.0. The Labute approximate surface area is 176 Å². The summed E-state index contributed by atoms with van der Waals surface area (Å²) in [5.74, 6) is 0.986. The number of ether oxygens (including phenoxy) is 2. The molecule has 0 N–H and O–H groups in total. The van der Waals surface area contributed by atoms with E-state index in [-0.39, 0.29) is 18.4 Å². The van der Waals surface area contributed by atoms with E-state index in [1.165, 1.54) is 4.90 Å². The fourth-order valence-corrected chi connectivity index (χ4v) is 4.05. The van der Waals surface area contributed by atoms with Gasteiger partial charge in [-0.3, -0.25) is 14.5 Å². The molecule has 6 nitrogen and oxygen atoms in total. The van der Waals surface area contributed by atoms with E-state index in [9.17, 15) is 9.59 Å². The van der Waals surface area contributed by atoms with Crippen LogP contribution in [0.1, 0.15) is 30.4 Å². The first-order valence-corrected chi connectivity index (χ1v) is 10.2. The minimum atomic E-state index is -0.249. The predicted molar refractivity (Wildman–Crippen MR) is 114 cm³/mol. The van der Waals surface area contributed by atoms with Crippen LogP contribution >= 0.6 is 0 Å². The largest absolute Gasteiger partial charge is 0.497 e. The van der Waals surface area contributed by atoms with Crippen molar-refractivity contribution >= 4 is 17.4 Å². The molecule has 0 atom stereocenters. The van der Waals surface area contributed by atoms with Gasteiger partial charge in [0.25, 0.3) is 11.8 Å². The van der Waals surface area contributed by atoms with Crippen molar-refractivity contribution in [2.24, 2.45) is 0 Å². The molecule has 0 radical (unpaired) electrons. The number of benzene rings is 2. The lowest BCUT2D eigenvalue weighted by molar-refractivity contribution is -0.138. The SMILES string of the molecule is COc1ccc(CN2C(=O)C(c3ccc(OC)cc3)=C(N3CCCCC3)C2=O)cc1. The van der Waals surface area contributed by atoms with Crippen LogP contribution in [0.2, 0.25) is 0 Å². The van der Waals surface area contributed by atoms with Crippen LogP contribution in [0.3, 0.4) is 0 Å². The Morgan fingerprint density at radius 2 is 1.33 bits per heavy atom. The molecule has 0 aromatic heterocycles. The van der Waals surface area contributed by atoms with Gasteiger partial charge in [-0.2, -0.15) is 0 Å². The third-order valence-electron chi connectivity index (χ3n) is 5.69. The van der Waals surface area contributed by atoms with Gasteiger partial charge in [0.05, 0.1) is 26.3 Å². The second-order valence-electron chi connectivity index (χ2n) is 7.54. The molecular weight excluding hydrogens is 380 g/mol. The van der Waals surface area contributed by atoms with E-state index in [4.69, 9.17) is 9.47 Å². The molecule has 0 aliphatic carbocycles. The molecule has 4 rings (SSSR count). The van der Waals surface area contributed by atoms with Gasteiger partial charge >= 0.3 is 0 Å². The number of hydrogen-bond donors (Lipinski definition) is 0. The summed E-state index contributed by atoms with van der Waals surface area (Å²) in [6, 6.07) is 14.8. The number of piperidine rings is 1. The molecule has 1 fully saturated rings. The molecule has 0 spiro atoms. The number of likely N-dealkylation sites (tertiary alicyclic amines) is 1. The van der Waals surface area contributed by atoms with Crippen molar-refractivity contribution in [2.45, 2.75) is 25.8 Å². The zero-order chi connectivity index (χ0) is 21.1. The van der Waals surface area contributed by atoms with Crippen molar-refractivity contribution in [3.63, 3.8) is 0 Å². The summed E-state index contributed by atoms with van der Waals surface area (Å²) in [5.41, 5.74) is 2.63. The van der Waals surface area contributed by atoms with E-state index in [2.05, 4.69) is 4.90 Å². The summed E-state index contributed by atoms with van der Waals surface area (Å²) < 4.78 is 10.4. The van der Waals surface area contributed by atoms with Crippen LogP contribution in [-0.4, -0.2) is 48.9 Å². The van der Waals surface area contributed by atoms with Gasteiger partial charge in [-0.1, -0.05) is 24.3 Å². The van der Waals surface area contributed by atoms with Crippen LogP contribution in [0.15, 0.2) is 54.2 Å². The molecule has 2 aliphatic rings. The topological polar surface area (TPSA) is 59.1 Å². The minimum absolute atomic E-state index is 0.219. The minimum Gasteiger partial charge on any atom is -0.497 e. The van der Waals surface area contributed by atoms with Crippen LogP contribution in [0.25, 0.3) is 5.57 Å². The van der Waals surface area contributed by atoms with Crippen molar-refractivity contribution in [1.29, 1.82) is 0 Å². The molecule has 0 unspecified atom stereocenters. The van der Waals surface area contributed by atoms with Gasteiger partial charge in [0.15, 0.2) is 0 Å². The van der Waals surface area contributed by atoms with Gasteiger partial charge in [-0.05, 0) is 54.7 Å². The Morgan fingerprint density at radius 3 is 1.90 bits per heavy atom. The van der Waals surface area contributed by atoms with E-state index in [0.29, 0.717) is 17.0 Å². The number of rotatable bonds is 6. The molecule has 2 aliphatic heterocycles. The molecular formula is C24H26N2O4. The average Bonchev–Trinajstić information content (AvgIpc) is 3.05. The maximum atomic E-state index is 13.4. The lowest BCUT2D eigenvalue weighted by Gasteiger charge is -2.29. The van der Waals surface area contributed by atoms with E-state index >= 15 is 0 Å². The zero-order valence-corrected chi connectivity index (χ0v) is 17.4. The van der Waals surface area contributed by atoms with E-state index in [1.807, 2.05) is 48.5 Å². The lowest BCUT2D eigenvalue weighted by Crippen LogP contribution is -2.36. The molecule has 0 bridgehead atoms. The first kappa shape index (κ1) is 20.0. The molecule has 6 heteroatoms. The third kappa shape index (κ3) is 3.77. The van der Waals surface area contributed by atoms with Gasteiger partial charge in [0.2, 0.25) is 0 Å². The highest BCUT2D eigenvalue weighted by atomic mass is 16.5. The Balaban J connectivity index is 1.69. The van der Waals surface area contributed by atoms with E-state index < -0.39 is 0 Å². The molecule has 1 saturated heterocycles. The number of nitrogens with zero attached hydrogens (tertiary/aromatic N) is 2. The maximum Gasteiger partial charge on any atom is 0.278 e. The molecule has 2 heterocycles. The monoisotopic (exact) mass is 406 g/mol. The van der Waals surface area contributed by atoms with Crippen molar-refractivity contribution in [1.82, 2.24) is 9.80 Å². The fraction of sp³-hybridized carbons (Fsp3) is 0.333. The van der Waals surface area contributed by atoms with E-state index in [1.54, 1.807) is 14.2 Å². The van der Waals surface area contributed by atoms with Crippen molar-refractivity contribution in [3.05, 3.63) is 65.4 Å². The van der Waals surface area contributed by atoms with Gasteiger partial charge in [0.1, 0.15) is 17.2 Å². The van der Waals surface area contributed by atoms with Crippen LogP contribution in [-0.2, 0) is 16.1 Å². The van der Waals surface area contributed by atoms with Gasteiger partial charge in [-0.25, -0.2) is 0 Å². The molecule has 30 heavy (non-hydrogen) atoms. The summed E-state index contributed by atoms with van der Waals surface area (Å²) >= 11 is 0. The van der Waals surface area contributed by atoms with Crippen molar-refractivity contribution in [3.8, 4) is 11.5 Å². The fourth-order valence-electron chi connectivity index (χ4n) is 4.05. The van der Waals surface area contributed by atoms with Gasteiger partial charge in [0, 0.05) is 13.1 Å². The number of amides is 2. The molecule has 2 aromatic carbocycles. The van der Waals surface area contributed by atoms with Crippen LogP contribution < -0.4 is 9.47 Å². The highest BCUT2D eigenvalue weighted by Crippen LogP contribution is 2.34. The number of methoxy groups -OCH3 is 2. The summed E-state index contributed by atoms with van der Waals surface area (Å²) in [6.45, 7) is 1.83. The predicted octanol–water partition coefficient (Wildman–Crippen LogP) is 3.47. The first-order valence-electron chi connectivity index (χ1n) is 10.2. The molecule has 2 amide bonds. The standard InChI is InChI=1S/C24H26N2O4/c1-29-19-10-6-17(7-11-19)16-26-23(27)21(18-8-12-20(30-2)13-9-18)22(24(26)28)25-14-4-3-5-15-25/h6-13H,3-5,14-16H2,1-2H3. The number of carbonyl (C=O) groups excluding carboxylic acids is 2. The maximum absolute atomic E-state index is 13.4. The second-order valence-corrected chi connectivity index (χ2v) is 7.54. The van der Waals surface area contributed by atoms with E-state index in [0.717, 1.165) is 49.2 Å². The highest BCUT2D eigenvalue weighted by Gasteiger charge is 2.41. The van der Waals surface area contributed by atoms with Crippen LogP contribution in [0, 0.1) is 0 Å². The Hall–Kier alpha value is -3.28. The number of imide groups is 1. The van der Waals surface area contributed by atoms with Crippen molar-refractivity contribution < 1.29 is 19.1 Å². The smallest absolute Gasteiger partial charge is 0.278 e. The Kier molecular flexibility index (Phi) is 5.74. The van der Waals surface area contributed by atoms with Crippen LogP contribution in [0.4, 0.5) is 0 Å². The molecule has 156 valence electrons. The Bertz CT molecular complexity index is 958. The van der Waals surface area contributed by atoms with Crippen LogP contribution in [0.5, 0.6) is 11.5 Å². The normalized spacial score (nSPS) is 17.0. The van der Waals surface area contributed by atoms with Crippen molar-refractivity contribution in [2.75, 3.05) is 27.3 Å². The number of hydrogen-bond acceptors (Lipinski definition) is 5. The average molecular weight is 406 g/mol. The summed E-state index contributed by atoms with van der Waals surface area (Å²) in [6.07, 6.45) is 3.21. The summed E-state index contributed by atoms with van der Waals surface area (Å²) in [5, 5.41) is 0. The first-order chi connectivity index (χ1) is 14.6. The highest BCUT2D eigenvalue weighted by molar-refractivity contribution is 6.35.